The van der Waals surface area contributed by atoms with Gasteiger partial charge in [0, 0.05) is 6.04 Å². The minimum Gasteiger partial charge on any atom is -0.394 e. The molecule has 3 heterocycles. The minimum atomic E-state index is -1.45. The van der Waals surface area contributed by atoms with Crippen molar-refractivity contribution in [2.75, 3.05) is 6.61 Å². The van der Waals surface area contributed by atoms with Crippen molar-refractivity contribution in [2.24, 2.45) is 9.98 Å². The standard InChI is InChI=1S/C17H19Cl2N5O4/c1-6(2)22-17(14-13(27)12(26)11(5-25)28-14)23-15-16(24-17)21-10-4-8(19)7(18)3-9(10)20-15/h3-4,6,11-14,22,25-27H,5H2,1-2H3. The first kappa shape index (κ1) is 19.8. The highest BCUT2D eigenvalue weighted by Crippen LogP contribution is 2.32. The Bertz CT molecular complexity index is 989. The molecule has 28 heavy (non-hydrogen) atoms. The molecule has 4 rings (SSSR count). The van der Waals surface area contributed by atoms with Gasteiger partial charge >= 0.3 is 0 Å². The summed E-state index contributed by atoms with van der Waals surface area (Å²) in [7, 11) is 0. The summed E-state index contributed by atoms with van der Waals surface area (Å²) in [4.78, 5) is 18.0. The molecule has 150 valence electrons. The van der Waals surface area contributed by atoms with E-state index in [-0.39, 0.29) is 17.0 Å². The molecule has 0 amide bonds. The zero-order chi connectivity index (χ0) is 20.2. The molecule has 2 aliphatic rings. The van der Waals surface area contributed by atoms with Crippen molar-refractivity contribution in [3.8, 4) is 0 Å². The topological polar surface area (TPSA) is 132 Å². The Morgan fingerprint density at radius 2 is 1.61 bits per heavy atom. The third kappa shape index (κ3) is 3.17. The number of hydrogen-bond donors (Lipinski definition) is 4. The molecule has 4 N–H and O–H groups in total. The van der Waals surface area contributed by atoms with Gasteiger partial charge in [0.2, 0.25) is 5.79 Å². The quantitative estimate of drug-likeness (QED) is 0.508. The van der Waals surface area contributed by atoms with Crippen LogP contribution in [0.15, 0.2) is 22.1 Å². The number of aliphatic hydroxyl groups is 3. The number of hydrogen-bond acceptors (Lipinski definition) is 9. The van der Waals surface area contributed by atoms with Crippen LogP contribution in [0, 0.1) is 0 Å². The Balaban J connectivity index is 1.87. The van der Waals surface area contributed by atoms with Crippen molar-refractivity contribution in [1.82, 2.24) is 15.3 Å². The first-order valence-corrected chi connectivity index (χ1v) is 9.52. The predicted molar refractivity (Wildman–Crippen MR) is 101 cm³/mol. The Labute approximate surface area is 169 Å². The lowest BCUT2D eigenvalue weighted by atomic mass is 10.0. The molecule has 0 radical (unpaired) electrons. The smallest absolute Gasteiger partial charge is 0.238 e. The third-order valence-electron chi connectivity index (χ3n) is 4.66. The lowest BCUT2D eigenvalue weighted by Gasteiger charge is -2.33. The summed E-state index contributed by atoms with van der Waals surface area (Å²) in [5, 5.41) is 33.9. The van der Waals surface area contributed by atoms with E-state index in [4.69, 9.17) is 27.9 Å². The van der Waals surface area contributed by atoms with Crippen molar-refractivity contribution >= 4 is 34.2 Å². The lowest BCUT2D eigenvalue weighted by molar-refractivity contribution is -0.0599. The number of aromatic nitrogens is 2. The molecule has 4 atom stereocenters. The number of halogens is 2. The summed E-state index contributed by atoms with van der Waals surface area (Å²) >= 11 is 12.1. The SMILES string of the molecule is CC(C)NC1(C2OC(CO)C(O)C2O)N=c2nc3cc(Cl)c(Cl)cc3nc2=N1. The van der Waals surface area contributed by atoms with Gasteiger partial charge in [0.05, 0.1) is 27.7 Å². The van der Waals surface area contributed by atoms with E-state index in [1.165, 1.54) is 0 Å². The molecular formula is C17H19Cl2N5O4. The second-order valence-electron chi connectivity index (χ2n) is 7.13. The fraction of sp³-hybridized carbons (Fsp3) is 0.529. The Morgan fingerprint density at radius 3 is 2.04 bits per heavy atom. The van der Waals surface area contributed by atoms with Gasteiger partial charge in [-0.2, -0.15) is 0 Å². The molecule has 1 aromatic carbocycles. The second-order valence-corrected chi connectivity index (χ2v) is 7.95. The van der Waals surface area contributed by atoms with Gasteiger partial charge in [-0.3, -0.25) is 5.32 Å². The van der Waals surface area contributed by atoms with Gasteiger partial charge in [0.1, 0.15) is 24.4 Å². The molecule has 2 aromatic rings. The van der Waals surface area contributed by atoms with Crippen LogP contribution in [0.5, 0.6) is 0 Å². The van der Waals surface area contributed by atoms with Crippen molar-refractivity contribution < 1.29 is 20.1 Å². The lowest BCUT2D eigenvalue weighted by Crippen LogP contribution is -2.58. The number of nitrogens with zero attached hydrogens (tertiary/aromatic N) is 4. The zero-order valence-electron chi connectivity index (χ0n) is 15.0. The Kier molecular flexibility index (Phi) is 5.03. The van der Waals surface area contributed by atoms with E-state index in [1.807, 2.05) is 13.8 Å². The maximum Gasteiger partial charge on any atom is 0.238 e. The van der Waals surface area contributed by atoms with Gasteiger partial charge in [0.25, 0.3) is 0 Å². The number of aliphatic hydroxyl groups excluding tert-OH is 3. The number of ether oxygens (including phenoxy) is 1. The molecule has 1 aromatic heterocycles. The minimum absolute atomic E-state index is 0.0961. The summed E-state index contributed by atoms with van der Waals surface area (Å²) in [6.45, 7) is 3.32. The van der Waals surface area contributed by atoms with Gasteiger partial charge in [-0.1, -0.05) is 23.2 Å². The summed E-state index contributed by atoms with van der Waals surface area (Å²) in [5.74, 6) is -1.45. The van der Waals surface area contributed by atoms with Crippen LogP contribution in [0.2, 0.25) is 10.0 Å². The van der Waals surface area contributed by atoms with E-state index in [2.05, 4.69) is 25.3 Å². The Morgan fingerprint density at radius 1 is 1.07 bits per heavy atom. The largest absolute Gasteiger partial charge is 0.394 e. The van der Waals surface area contributed by atoms with Crippen LogP contribution >= 0.6 is 23.2 Å². The highest BCUT2D eigenvalue weighted by molar-refractivity contribution is 6.42. The monoisotopic (exact) mass is 427 g/mol. The van der Waals surface area contributed by atoms with Crippen molar-refractivity contribution in [3.63, 3.8) is 0 Å². The van der Waals surface area contributed by atoms with E-state index in [0.717, 1.165) is 0 Å². The maximum absolute atomic E-state index is 10.5. The average molecular weight is 428 g/mol. The van der Waals surface area contributed by atoms with Crippen LogP contribution in [0.25, 0.3) is 11.0 Å². The first-order valence-electron chi connectivity index (χ1n) is 8.77. The summed E-state index contributed by atoms with van der Waals surface area (Å²) < 4.78 is 5.69. The van der Waals surface area contributed by atoms with Gasteiger partial charge in [0.15, 0.2) is 11.0 Å². The van der Waals surface area contributed by atoms with E-state index >= 15 is 0 Å². The fourth-order valence-electron chi connectivity index (χ4n) is 3.46. The number of rotatable bonds is 4. The molecule has 4 unspecified atom stereocenters. The van der Waals surface area contributed by atoms with Crippen LogP contribution in [0.4, 0.5) is 0 Å². The molecule has 9 nitrogen and oxygen atoms in total. The highest BCUT2D eigenvalue weighted by Gasteiger charge is 2.55. The van der Waals surface area contributed by atoms with E-state index in [0.29, 0.717) is 21.1 Å². The molecule has 1 fully saturated rings. The number of nitrogens with one attached hydrogen (secondary N) is 1. The average Bonchev–Trinajstić information content (AvgIpc) is 3.11. The Hall–Kier alpha value is -1.46. The first-order chi connectivity index (χ1) is 13.2. The molecular weight excluding hydrogens is 409 g/mol. The van der Waals surface area contributed by atoms with Crippen molar-refractivity contribution in [3.05, 3.63) is 33.2 Å². The van der Waals surface area contributed by atoms with Crippen LogP contribution in [0.3, 0.4) is 0 Å². The predicted octanol–water partition coefficient (Wildman–Crippen LogP) is -0.677. The maximum atomic E-state index is 10.5. The van der Waals surface area contributed by atoms with Gasteiger partial charge in [-0.25, -0.2) is 20.0 Å². The van der Waals surface area contributed by atoms with Gasteiger partial charge < -0.3 is 20.1 Å². The molecule has 0 saturated carbocycles. The molecule has 2 aliphatic heterocycles. The van der Waals surface area contributed by atoms with Crippen LogP contribution in [0.1, 0.15) is 13.8 Å². The molecule has 0 spiro atoms. The number of fused-ring (bicyclic) bond motifs is 2. The highest BCUT2D eigenvalue weighted by atomic mass is 35.5. The van der Waals surface area contributed by atoms with E-state index in [1.54, 1.807) is 12.1 Å². The van der Waals surface area contributed by atoms with Crippen molar-refractivity contribution in [1.29, 1.82) is 0 Å². The summed E-state index contributed by atoms with van der Waals surface area (Å²) in [6.07, 6.45) is -4.58. The molecule has 0 bridgehead atoms. The van der Waals surface area contributed by atoms with Crippen LogP contribution in [-0.4, -0.2) is 68.1 Å². The van der Waals surface area contributed by atoms with Gasteiger partial charge in [-0.05, 0) is 26.0 Å². The summed E-state index contributed by atoms with van der Waals surface area (Å²) in [6, 6.07) is 3.08. The molecule has 1 saturated heterocycles. The number of benzene rings is 1. The normalized spacial score (nSPS) is 28.4. The fourth-order valence-corrected chi connectivity index (χ4v) is 3.78. The van der Waals surface area contributed by atoms with Crippen LogP contribution in [-0.2, 0) is 4.74 Å². The third-order valence-corrected chi connectivity index (χ3v) is 5.39. The molecule has 0 aliphatic carbocycles. The van der Waals surface area contributed by atoms with Crippen LogP contribution < -0.4 is 16.3 Å². The summed E-state index contributed by atoms with van der Waals surface area (Å²) in [5.41, 5.74) is 1.48. The van der Waals surface area contributed by atoms with Gasteiger partial charge in [-0.15, -0.1) is 0 Å². The zero-order valence-corrected chi connectivity index (χ0v) is 16.6. The van der Waals surface area contributed by atoms with E-state index in [9.17, 15) is 15.3 Å². The second kappa shape index (κ2) is 7.10. The van der Waals surface area contributed by atoms with Crippen molar-refractivity contribution in [2.45, 2.75) is 50.1 Å². The molecule has 11 heteroatoms. The van der Waals surface area contributed by atoms with E-state index < -0.39 is 36.8 Å².